The van der Waals surface area contributed by atoms with Gasteiger partial charge in [0.2, 0.25) is 0 Å². The molecule has 0 N–H and O–H groups in total. The van der Waals surface area contributed by atoms with E-state index in [4.69, 9.17) is 4.74 Å². The molecular formula is C16H17Br2NO2. The van der Waals surface area contributed by atoms with Gasteiger partial charge < -0.3 is 4.74 Å². The Labute approximate surface area is 141 Å². The van der Waals surface area contributed by atoms with Crippen LogP contribution in [-0.4, -0.2) is 16.6 Å². The number of hydrogen-bond acceptors (Lipinski definition) is 2. The second kappa shape index (κ2) is 4.25. The van der Waals surface area contributed by atoms with Crippen molar-refractivity contribution in [3.05, 3.63) is 32.2 Å². The van der Waals surface area contributed by atoms with Crippen LogP contribution in [0.1, 0.15) is 50.4 Å². The predicted octanol–water partition coefficient (Wildman–Crippen LogP) is 5.19. The predicted molar refractivity (Wildman–Crippen MR) is 87.0 cm³/mol. The lowest BCUT2D eigenvalue weighted by Gasteiger charge is -2.29. The first-order valence-electron chi connectivity index (χ1n) is 7.28. The highest BCUT2D eigenvalue weighted by atomic mass is 79.9. The molecule has 1 aliphatic carbocycles. The Bertz CT molecular complexity index is 611. The lowest BCUT2D eigenvalue weighted by molar-refractivity contribution is 0.0134. The van der Waals surface area contributed by atoms with Gasteiger partial charge in [-0.2, -0.15) is 0 Å². The van der Waals surface area contributed by atoms with E-state index in [2.05, 4.69) is 44.0 Å². The van der Waals surface area contributed by atoms with Gasteiger partial charge in [-0.1, -0.05) is 0 Å². The van der Waals surface area contributed by atoms with Gasteiger partial charge in [-0.15, -0.1) is 0 Å². The molecule has 1 aromatic rings. The maximum Gasteiger partial charge on any atom is 0.411 e. The minimum atomic E-state index is -0.448. The average Bonchev–Trinajstić information content (AvgIpc) is 2.99. The standard InChI is InChI=1S/C16H17Br2NO2/c1-16(2,3)21-15(20)19-13-7-4-8(7)14(19)10-6-12(18)11(17)5-9(10)13/h5-8,13-14H,4H2,1-3H3. The Morgan fingerprint density at radius 3 is 2.05 bits per heavy atom. The molecule has 0 aromatic heterocycles. The van der Waals surface area contributed by atoms with E-state index in [1.54, 1.807) is 0 Å². The third-order valence-electron chi connectivity index (χ3n) is 4.67. The summed E-state index contributed by atoms with van der Waals surface area (Å²) in [5, 5.41) is 0. The van der Waals surface area contributed by atoms with Crippen molar-refractivity contribution in [3.8, 4) is 0 Å². The summed E-state index contributed by atoms with van der Waals surface area (Å²) in [5.74, 6) is 1.26. The Morgan fingerprint density at radius 2 is 1.62 bits per heavy atom. The smallest absolute Gasteiger partial charge is 0.411 e. The van der Waals surface area contributed by atoms with E-state index in [1.807, 2.05) is 25.7 Å². The van der Waals surface area contributed by atoms with Gasteiger partial charge in [0.15, 0.2) is 0 Å². The van der Waals surface area contributed by atoms with Crippen molar-refractivity contribution < 1.29 is 9.53 Å². The van der Waals surface area contributed by atoms with Crippen LogP contribution in [0.4, 0.5) is 4.79 Å². The van der Waals surface area contributed by atoms with Crippen molar-refractivity contribution in [2.24, 2.45) is 11.8 Å². The van der Waals surface area contributed by atoms with Gasteiger partial charge in [0.1, 0.15) is 5.60 Å². The fraction of sp³-hybridized carbons (Fsp3) is 0.562. The van der Waals surface area contributed by atoms with E-state index in [1.165, 1.54) is 17.5 Å². The van der Waals surface area contributed by atoms with Crippen LogP contribution in [-0.2, 0) is 4.74 Å². The molecule has 2 fully saturated rings. The maximum atomic E-state index is 12.6. The van der Waals surface area contributed by atoms with Crippen molar-refractivity contribution in [1.82, 2.24) is 4.90 Å². The van der Waals surface area contributed by atoms with Crippen molar-refractivity contribution in [2.45, 2.75) is 44.9 Å². The number of fused-ring (bicyclic) bond motifs is 8. The molecule has 1 amide bonds. The molecule has 2 aliphatic heterocycles. The molecule has 4 atom stereocenters. The zero-order valence-electron chi connectivity index (χ0n) is 12.2. The Hall–Kier alpha value is -0.550. The first kappa shape index (κ1) is 14.1. The fourth-order valence-corrected chi connectivity index (χ4v) is 4.66. The molecule has 112 valence electrons. The number of nitrogens with zero attached hydrogens (tertiary/aromatic N) is 1. The zero-order valence-corrected chi connectivity index (χ0v) is 15.4. The topological polar surface area (TPSA) is 29.5 Å². The highest BCUT2D eigenvalue weighted by Gasteiger charge is 2.66. The van der Waals surface area contributed by atoms with Crippen molar-refractivity contribution in [2.75, 3.05) is 0 Å². The van der Waals surface area contributed by atoms with Gasteiger partial charge in [0.05, 0.1) is 12.1 Å². The van der Waals surface area contributed by atoms with E-state index in [0.717, 1.165) is 8.95 Å². The third-order valence-corrected chi connectivity index (χ3v) is 6.51. The summed E-state index contributed by atoms with van der Waals surface area (Å²) >= 11 is 7.16. The molecule has 0 radical (unpaired) electrons. The number of carbonyl (C=O) groups excluding carboxylic acids is 1. The number of rotatable bonds is 0. The summed E-state index contributed by atoms with van der Waals surface area (Å²) in [4.78, 5) is 14.6. The molecule has 4 unspecified atom stereocenters. The quantitative estimate of drug-likeness (QED) is 0.584. The van der Waals surface area contributed by atoms with Crippen LogP contribution < -0.4 is 0 Å². The van der Waals surface area contributed by atoms with Crippen molar-refractivity contribution >= 4 is 38.0 Å². The summed E-state index contributed by atoms with van der Waals surface area (Å²) in [5.41, 5.74) is 2.13. The first-order chi connectivity index (χ1) is 9.78. The second-order valence-electron chi connectivity index (χ2n) is 7.24. The average molecular weight is 415 g/mol. The largest absolute Gasteiger partial charge is 0.444 e. The van der Waals surface area contributed by atoms with E-state index in [-0.39, 0.29) is 18.2 Å². The molecule has 5 heteroatoms. The van der Waals surface area contributed by atoms with Gasteiger partial charge in [-0.05, 0) is 94.1 Å². The SMILES string of the molecule is CC(C)(C)OC(=O)N1C2c3cc(Br)c(Br)cc3C1C1CC12. The molecule has 1 aromatic carbocycles. The van der Waals surface area contributed by atoms with Crippen LogP contribution in [0, 0.1) is 11.8 Å². The molecule has 1 saturated heterocycles. The summed E-state index contributed by atoms with van der Waals surface area (Å²) in [6.45, 7) is 5.76. The van der Waals surface area contributed by atoms with Gasteiger partial charge in [-0.3, -0.25) is 4.90 Å². The van der Waals surface area contributed by atoms with E-state index >= 15 is 0 Å². The van der Waals surface area contributed by atoms with Gasteiger partial charge in [0, 0.05) is 8.95 Å². The first-order valence-corrected chi connectivity index (χ1v) is 8.86. The number of hydrogen-bond donors (Lipinski definition) is 0. The molecule has 3 nitrogen and oxygen atoms in total. The molecule has 21 heavy (non-hydrogen) atoms. The highest BCUT2D eigenvalue weighted by Crippen LogP contribution is 2.71. The van der Waals surface area contributed by atoms with Crippen molar-refractivity contribution in [1.29, 1.82) is 0 Å². The molecule has 0 spiro atoms. The third kappa shape index (κ3) is 2.00. The number of piperidine rings is 1. The second-order valence-corrected chi connectivity index (χ2v) is 8.94. The lowest BCUT2D eigenvalue weighted by atomic mass is 9.92. The number of halogens is 2. The molecule has 1 saturated carbocycles. The summed E-state index contributed by atoms with van der Waals surface area (Å²) in [7, 11) is 0. The highest BCUT2D eigenvalue weighted by molar-refractivity contribution is 9.13. The van der Waals surface area contributed by atoms with Crippen LogP contribution in [0.25, 0.3) is 0 Å². The van der Waals surface area contributed by atoms with Crippen molar-refractivity contribution in [3.63, 3.8) is 0 Å². The van der Waals surface area contributed by atoms with E-state index < -0.39 is 5.60 Å². The fourth-order valence-electron chi connectivity index (χ4n) is 3.94. The minimum Gasteiger partial charge on any atom is -0.444 e. The number of amides is 1. The minimum absolute atomic E-state index is 0.173. The van der Waals surface area contributed by atoms with Gasteiger partial charge in [-0.25, -0.2) is 4.79 Å². The number of benzene rings is 1. The van der Waals surface area contributed by atoms with Crippen LogP contribution in [0.15, 0.2) is 21.1 Å². The van der Waals surface area contributed by atoms with E-state index in [0.29, 0.717) is 11.8 Å². The molecule has 3 aliphatic rings. The Balaban J connectivity index is 1.73. The normalized spacial score (nSPS) is 32.0. The monoisotopic (exact) mass is 413 g/mol. The summed E-state index contributed by atoms with van der Waals surface area (Å²) in [6, 6.07) is 4.73. The Morgan fingerprint density at radius 1 is 1.14 bits per heavy atom. The lowest BCUT2D eigenvalue weighted by Crippen LogP contribution is -2.36. The zero-order chi connectivity index (χ0) is 15.1. The van der Waals surface area contributed by atoms with Gasteiger partial charge >= 0.3 is 6.09 Å². The van der Waals surface area contributed by atoms with E-state index in [9.17, 15) is 4.79 Å². The van der Waals surface area contributed by atoms with Crippen LogP contribution in [0.5, 0.6) is 0 Å². The molecule has 2 bridgehead atoms. The van der Waals surface area contributed by atoms with Crippen LogP contribution in [0.2, 0.25) is 0 Å². The van der Waals surface area contributed by atoms with Gasteiger partial charge in [0.25, 0.3) is 0 Å². The number of ether oxygens (including phenoxy) is 1. The van der Waals surface area contributed by atoms with Crippen LogP contribution >= 0.6 is 31.9 Å². The van der Waals surface area contributed by atoms with Crippen LogP contribution in [0.3, 0.4) is 0 Å². The summed E-state index contributed by atoms with van der Waals surface area (Å²) < 4.78 is 7.73. The molecular weight excluding hydrogens is 398 g/mol. The summed E-state index contributed by atoms with van der Waals surface area (Å²) in [6.07, 6.45) is 1.06. The molecule has 4 rings (SSSR count). The Kier molecular flexibility index (Phi) is 2.85. The molecule has 2 heterocycles. The number of carbonyl (C=O) groups is 1. The maximum absolute atomic E-state index is 12.6.